The summed E-state index contributed by atoms with van der Waals surface area (Å²) in [6, 6.07) is 10.1. The smallest absolute Gasteiger partial charge is 0.245 e. The molecule has 11 heteroatoms. The Kier molecular flexibility index (Phi) is 8.07. The predicted molar refractivity (Wildman–Crippen MR) is 152 cm³/mol. The normalized spacial score (nSPS) is 24.0. The van der Waals surface area contributed by atoms with Crippen LogP contribution in [-0.2, 0) is 14.6 Å². The number of carbonyl (C=O) groups is 1. The molecule has 2 aliphatic rings. The molecule has 5 rings (SSSR count). The SMILES string of the molecule is CC(C)CNC1CCC(CS(=O)(=O)c2ccccc2)(N2CC[C@H](Nc3ncnc4ncc(Cl)cc34)C2=O)CC1. The number of likely N-dealkylation sites (tertiary alicyclic amines) is 1. The van der Waals surface area contributed by atoms with E-state index in [1.807, 2.05) is 4.90 Å². The highest BCUT2D eigenvalue weighted by Gasteiger charge is 2.49. The van der Waals surface area contributed by atoms with Gasteiger partial charge in [-0.05, 0) is 62.8 Å². The van der Waals surface area contributed by atoms with Crippen LogP contribution in [0.3, 0.4) is 0 Å². The van der Waals surface area contributed by atoms with Crippen molar-refractivity contribution in [1.82, 2.24) is 25.2 Å². The number of anilines is 1. The Morgan fingerprint density at radius 3 is 2.56 bits per heavy atom. The van der Waals surface area contributed by atoms with Gasteiger partial charge in [-0.3, -0.25) is 4.79 Å². The van der Waals surface area contributed by atoms with E-state index in [2.05, 4.69) is 39.4 Å². The number of rotatable bonds is 9. The van der Waals surface area contributed by atoms with Crippen molar-refractivity contribution in [3.63, 3.8) is 0 Å². The fourth-order valence-electron chi connectivity index (χ4n) is 5.80. The maximum atomic E-state index is 13.9. The highest BCUT2D eigenvalue weighted by Crippen LogP contribution is 2.39. The molecule has 2 N–H and O–H groups in total. The molecule has 208 valence electrons. The van der Waals surface area contributed by atoms with Crippen LogP contribution in [0.4, 0.5) is 5.82 Å². The minimum atomic E-state index is -3.61. The monoisotopic (exact) mass is 570 g/mol. The molecule has 3 heterocycles. The van der Waals surface area contributed by atoms with Gasteiger partial charge in [-0.25, -0.2) is 23.4 Å². The van der Waals surface area contributed by atoms with Crippen molar-refractivity contribution < 1.29 is 13.2 Å². The number of amides is 1. The summed E-state index contributed by atoms with van der Waals surface area (Å²) < 4.78 is 27.2. The molecule has 39 heavy (non-hydrogen) atoms. The molecule has 1 aromatic carbocycles. The van der Waals surface area contributed by atoms with Gasteiger partial charge in [-0.1, -0.05) is 43.6 Å². The van der Waals surface area contributed by atoms with Gasteiger partial charge < -0.3 is 15.5 Å². The Balaban J connectivity index is 1.40. The number of nitrogens with one attached hydrogen (secondary N) is 2. The number of halogens is 1. The van der Waals surface area contributed by atoms with Gasteiger partial charge in [0.15, 0.2) is 15.5 Å². The van der Waals surface area contributed by atoms with Gasteiger partial charge >= 0.3 is 0 Å². The average Bonchev–Trinajstić information content (AvgIpc) is 3.29. The van der Waals surface area contributed by atoms with E-state index < -0.39 is 21.4 Å². The Morgan fingerprint density at radius 1 is 1.10 bits per heavy atom. The first-order chi connectivity index (χ1) is 18.7. The van der Waals surface area contributed by atoms with E-state index in [9.17, 15) is 13.2 Å². The quantitative estimate of drug-likeness (QED) is 0.395. The number of pyridine rings is 1. The van der Waals surface area contributed by atoms with Crippen molar-refractivity contribution in [3.05, 3.63) is 53.9 Å². The summed E-state index contributed by atoms with van der Waals surface area (Å²) in [6.07, 6.45) is 6.36. The lowest BCUT2D eigenvalue weighted by atomic mass is 9.79. The number of sulfone groups is 1. The third kappa shape index (κ3) is 6.02. The van der Waals surface area contributed by atoms with Gasteiger partial charge in [0.2, 0.25) is 5.91 Å². The first kappa shape index (κ1) is 27.7. The molecule has 1 aliphatic heterocycles. The van der Waals surface area contributed by atoms with E-state index in [0.717, 1.165) is 19.4 Å². The zero-order valence-corrected chi connectivity index (χ0v) is 23.9. The standard InChI is InChI=1S/C28H35ClN6O3S/c1-19(2)15-30-21-8-11-28(12-9-21,17-39(37,38)22-6-4-3-5-7-22)35-13-10-24(27(35)36)34-26-23-14-20(29)16-31-25(23)32-18-33-26/h3-7,14,16,18-19,21,24,30H,8-13,15,17H2,1-2H3,(H,31,32,33,34)/t21?,24-,28?/m0/s1. The van der Waals surface area contributed by atoms with Crippen molar-refractivity contribution in [3.8, 4) is 0 Å². The molecule has 0 radical (unpaired) electrons. The lowest BCUT2D eigenvalue weighted by Crippen LogP contribution is -2.58. The minimum absolute atomic E-state index is 0.0880. The molecule has 1 aliphatic carbocycles. The van der Waals surface area contributed by atoms with E-state index >= 15 is 0 Å². The van der Waals surface area contributed by atoms with Crippen LogP contribution in [0.15, 0.2) is 53.8 Å². The van der Waals surface area contributed by atoms with E-state index in [0.29, 0.717) is 64.5 Å². The highest BCUT2D eigenvalue weighted by atomic mass is 35.5. The van der Waals surface area contributed by atoms with Crippen LogP contribution >= 0.6 is 11.6 Å². The number of hydrogen-bond acceptors (Lipinski definition) is 8. The maximum Gasteiger partial charge on any atom is 0.245 e. The van der Waals surface area contributed by atoms with E-state index in [-0.39, 0.29) is 11.7 Å². The Bertz CT molecular complexity index is 1430. The second kappa shape index (κ2) is 11.3. The largest absolute Gasteiger partial charge is 0.358 e. The molecule has 3 aromatic rings. The molecule has 0 spiro atoms. The first-order valence-electron chi connectivity index (χ1n) is 13.5. The summed E-state index contributed by atoms with van der Waals surface area (Å²) in [7, 11) is -3.61. The third-order valence-corrected chi connectivity index (χ3v) is 9.95. The van der Waals surface area contributed by atoms with Crippen LogP contribution in [-0.4, -0.2) is 70.6 Å². The molecule has 1 amide bonds. The summed E-state index contributed by atoms with van der Waals surface area (Å²) in [5.41, 5.74) is -0.284. The molecule has 0 unspecified atom stereocenters. The number of aromatic nitrogens is 3. The lowest BCUT2D eigenvalue weighted by Gasteiger charge is -2.46. The molecule has 9 nitrogen and oxygen atoms in total. The fraction of sp³-hybridized carbons (Fsp3) is 0.500. The zero-order valence-electron chi connectivity index (χ0n) is 22.3. The fourth-order valence-corrected chi connectivity index (χ4v) is 7.85. The molecule has 2 fully saturated rings. The van der Waals surface area contributed by atoms with E-state index in [1.54, 1.807) is 36.4 Å². The summed E-state index contributed by atoms with van der Waals surface area (Å²) in [6.45, 7) is 5.74. The topological polar surface area (TPSA) is 117 Å². The third-order valence-electron chi connectivity index (χ3n) is 7.84. The van der Waals surface area contributed by atoms with Crippen LogP contribution in [0.5, 0.6) is 0 Å². The molecule has 1 saturated carbocycles. The minimum Gasteiger partial charge on any atom is -0.358 e. The average molecular weight is 571 g/mol. The van der Waals surface area contributed by atoms with Crippen molar-refractivity contribution in [1.29, 1.82) is 0 Å². The van der Waals surface area contributed by atoms with Crippen LogP contribution in [0.2, 0.25) is 5.02 Å². The second-order valence-corrected chi connectivity index (χ2v) is 13.5. The zero-order chi connectivity index (χ0) is 27.6. The summed E-state index contributed by atoms with van der Waals surface area (Å²) in [5.74, 6) is 0.830. The first-order valence-corrected chi connectivity index (χ1v) is 15.6. The molecule has 1 atom stereocenters. The Hall–Kier alpha value is -2.82. The number of carbonyl (C=O) groups excluding carboxylic acids is 1. The summed E-state index contributed by atoms with van der Waals surface area (Å²) in [5, 5.41) is 7.99. The van der Waals surface area contributed by atoms with Crippen LogP contribution in [0.1, 0.15) is 46.0 Å². The van der Waals surface area contributed by atoms with Gasteiger partial charge in [0.1, 0.15) is 18.2 Å². The van der Waals surface area contributed by atoms with Crippen LogP contribution < -0.4 is 10.6 Å². The van der Waals surface area contributed by atoms with Crippen molar-refractivity contribution >= 4 is 44.2 Å². The van der Waals surface area contributed by atoms with Gasteiger partial charge in [-0.15, -0.1) is 0 Å². The Labute approximate surface area is 234 Å². The second-order valence-electron chi connectivity index (χ2n) is 11.1. The van der Waals surface area contributed by atoms with E-state index in [4.69, 9.17) is 11.6 Å². The van der Waals surface area contributed by atoms with Crippen LogP contribution in [0, 0.1) is 5.92 Å². The number of fused-ring (bicyclic) bond motifs is 1. The highest BCUT2D eigenvalue weighted by molar-refractivity contribution is 7.91. The predicted octanol–water partition coefficient (Wildman–Crippen LogP) is 4.09. The molecular formula is C28H35ClN6O3S. The molecular weight excluding hydrogens is 536 g/mol. The summed E-state index contributed by atoms with van der Waals surface area (Å²) in [4.78, 5) is 28.8. The number of benzene rings is 1. The van der Waals surface area contributed by atoms with Gasteiger partial charge in [0, 0.05) is 18.8 Å². The van der Waals surface area contributed by atoms with Crippen molar-refractivity contribution in [2.24, 2.45) is 5.92 Å². The molecule has 0 bridgehead atoms. The van der Waals surface area contributed by atoms with Crippen molar-refractivity contribution in [2.45, 2.75) is 68.5 Å². The van der Waals surface area contributed by atoms with Gasteiger partial charge in [0.25, 0.3) is 0 Å². The lowest BCUT2D eigenvalue weighted by molar-refractivity contribution is -0.134. The van der Waals surface area contributed by atoms with Gasteiger partial charge in [-0.2, -0.15) is 0 Å². The Morgan fingerprint density at radius 2 is 1.85 bits per heavy atom. The number of hydrogen-bond donors (Lipinski definition) is 2. The maximum absolute atomic E-state index is 13.9. The van der Waals surface area contributed by atoms with Crippen LogP contribution in [0.25, 0.3) is 11.0 Å². The van der Waals surface area contributed by atoms with Crippen molar-refractivity contribution in [2.75, 3.05) is 24.2 Å². The summed E-state index contributed by atoms with van der Waals surface area (Å²) >= 11 is 6.16. The molecule has 2 aromatic heterocycles. The molecule has 1 saturated heterocycles. The van der Waals surface area contributed by atoms with Gasteiger partial charge in [0.05, 0.1) is 26.6 Å². The number of nitrogens with zero attached hydrogens (tertiary/aromatic N) is 4. The van der Waals surface area contributed by atoms with E-state index in [1.165, 1.54) is 12.5 Å².